The molecule has 0 fully saturated rings. The van der Waals surface area contributed by atoms with Gasteiger partial charge in [0.25, 0.3) is 0 Å². The summed E-state index contributed by atoms with van der Waals surface area (Å²) in [4.78, 5) is 8.28. The SMILES string of the molecule is COCc1cc(C(C)(C)C)nc(N)n1. The molecule has 0 aliphatic heterocycles. The number of anilines is 1. The predicted molar refractivity (Wildman–Crippen MR) is 55.9 cm³/mol. The van der Waals surface area contributed by atoms with E-state index >= 15 is 0 Å². The van der Waals surface area contributed by atoms with Gasteiger partial charge in [0.15, 0.2) is 0 Å². The van der Waals surface area contributed by atoms with Crippen LogP contribution in [0.4, 0.5) is 5.95 Å². The number of aromatic nitrogens is 2. The van der Waals surface area contributed by atoms with Gasteiger partial charge in [-0.1, -0.05) is 20.8 Å². The molecule has 0 spiro atoms. The second-order valence-corrected chi connectivity index (χ2v) is 4.29. The highest BCUT2D eigenvalue weighted by molar-refractivity contribution is 5.26. The summed E-state index contributed by atoms with van der Waals surface area (Å²) in [6, 6.07) is 1.93. The Morgan fingerprint density at radius 1 is 1.36 bits per heavy atom. The molecule has 1 aromatic rings. The van der Waals surface area contributed by atoms with Gasteiger partial charge in [-0.3, -0.25) is 0 Å². The maximum Gasteiger partial charge on any atom is 0.220 e. The van der Waals surface area contributed by atoms with E-state index in [1.165, 1.54) is 0 Å². The largest absolute Gasteiger partial charge is 0.378 e. The van der Waals surface area contributed by atoms with Gasteiger partial charge < -0.3 is 10.5 Å². The first-order valence-electron chi connectivity index (χ1n) is 4.56. The van der Waals surface area contributed by atoms with E-state index in [1.54, 1.807) is 7.11 Å². The van der Waals surface area contributed by atoms with Crippen LogP contribution >= 0.6 is 0 Å². The summed E-state index contributed by atoms with van der Waals surface area (Å²) in [5.74, 6) is 0.310. The van der Waals surface area contributed by atoms with Crippen LogP contribution in [0.3, 0.4) is 0 Å². The van der Waals surface area contributed by atoms with Crippen molar-refractivity contribution in [1.29, 1.82) is 0 Å². The summed E-state index contributed by atoms with van der Waals surface area (Å²) < 4.78 is 5.00. The van der Waals surface area contributed by atoms with Crippen molar-refractivity contribution in [2.75, 3.05) is 12.8 Å². The van der Waals surface area contributed by atoms with E-state index in [2.05, 4.69) is 30.7 Å². The zero-order valence-electron chi connectivity index (χ0n) is 9.16. The van der Waals surface area contributed by atoms with E-state index in [1.807, 2.05) is 6.07 Å². The Bertz CT molecular complexity index is 318. The fourth-order valence-corrected chi connectivity index (χ4v) is 1.12. The van der Waals surface area contributed by atoms with Crippen LogP contribution in [0.15, 0.2) is 6.07 Å². The lowest BCUT2D eigenvalue weighted by molar-refractivity contribution is 0.181. The van der Waals surface area contributed by atoms with Gasteiger partial charge in [-0.15, -0.1) is 0 Å². The van der Waals surface area contributed by atoms with Crippen molar-refractivity contribution in [1.82, 2.24) is 9.97 Å². The lowest BCUT2D eigenvalue weighted by atomic mass is 9.91. The summed E-state index contributed by atoms with van der Waals surface area (Å²) in [6.45, 7) is 6.73. The lowest BCUT2D eigenvalue weighted by Gasteiger charge is -2.18. The topological polar surface area (TPSA) is 61.0 Å². The van der Waals surface area contributed by atoms with Crippen molar-refractivity contribution in [3.8, 4) is 0 Å². The average Bonchev–Trinajstić information content (AvgIpc) is 2.02. The molecular weight excluding hydrogens is 178 g/mol. The molecule has 4 nitrogen and oxygen atoms in total. The van der Waals surface area contributed by atoms with Crippen molar-refractivity contribution >= 4 is 5.95 Å². The Hall–Kier alpha value is -1.16. The lowest BCUT2D eigenvalue weighted by Crippen LogP contribution is -2.16. The summed E-state index contributed by atoms with van der Waals surface area (Å²) in [5, 5.41) is 0. The zero-order chi connectivity index (χ0) is 10.8. The number of nitrogens with two attached hydrogens (primary N) is 1. The van der Waals surface area contributed by atoms with Gasteiger partial charge in [-0.05, 0) is 6.07 Å². The monoisotopic (exact) mass is 195 g/mol. The number of nitrogens with zero attached hydrogens (tertiary/aromatic N) is 2. The summed E-state index contributed by atoms with van der Waals surface area (Å²) in [5.41, 5.74) is 7.36. The molecule has 0 amide bonds. The number of hydrogen-bond acceptors (Lipinski definition) is 4. The Kier molecular flexibility index (Phi) is 3.06. The second-order valence-electron chi connectivity index (χ2n) is 4.29. The van der Waals surface area contributed by atoms with Crippen LogP contribution in [0, 0.1) is 0 Å². The van der Waals surface area contributed by atoms with Crippen molar-refractivity contribution in [2.24, 2.45) is 0 Å². The number of rotatable bonds is 2. The van der Waals surface area contributed by atoms with E-state index in [-0.39, 0.29) is 5.41 Å². The molecular formula is C10H17N3O. The van der Waals surface area contributed by atoms with E-state index in [4.69, 9.17) is 10.5 Å². The van der Waals surface area contributed by atoms with Crippen LogP contribution in [0.5, 0.6) is 0 Å². The molecule has 0 saturated heterocycles. The molecule has 0 atom stereocenters. The average molecular weight is 195 g/mol. The van der Waals surface area contributed by atoms with E-state index in [0.717, 1.165) is 11.4 Å². The molecule has 0 aromatic carbocycles. The van der Waals surface area contributed by atoms with Crippen LogP contribution in [-0.2, 0) is 16.8 Å². The summed E-state index contributed by atoms with van der Waals surface area (Å²) >= 11 is 0. The fourth-order valence-electron chi connectivity index (χ4n) is 1.12. The first kappa shape index (κ1) is 10.9. The normalized spacial score (nSPS) is 11.7. The zero-order valence-corrected chi connectivity index (χ0v) is 9.16. The van der Waals surface area contributed by atoms with Gasteiger partial charge in [0.1, 0.15) is 0 Å². The minimum absolute atomic E-state index is 0.0143. The van der Waals surface area contributed by atoms with Crippen LogP contribution < -0.4 is 5.73 Å². The smallest absolute Gasteiger partial charge is 0.220 e. The molecule has 0 unspecified atom stereocenters. The van der Waals surface area contributed by atoms with Gasteiger partial charge in [0.05, 0.1) is 18.0 Å². The van der Waals surface area contributed by atoms with Crippen LogP contribution in [0.1, 0.15) is 32.2 Å². The third-order valence-electron chi connectivity index (χ3n) is 1.86. The Labute approximate surface area is 84.5 Å². The number of methoxy groups -OCH3 is 1. The van der Waals surface area contributed by atoms with Crippen molar-refractivity contribution < 1.29 is 4.74 Å². The minimum Gasteiger partial charge on any atom is -0.378 e. The van der Waals surface area contributed by atoms with Gasteiger partial charge >= 0.3 is 0 Å². The highest BCUT2D eigenvalue weighted by Crippen LogP contribution is 2.21. The second kappa shape index (κ2) is 3.92. The Morgan fingerprint density at radius 2 is 2.00 bits per heavy atom. The molecule has 14 heavy (non-hydrogen) atoms. The third-order valence-corrected chi connectivity index (χ3v) is 1.86. The van der Waals surface area contributed by atoms with E-state index in [9.17, 15) is 0 Å². The van der Waals surface area contributed by atoms with Crippen LogP contribution in [0.2, 0.25) is 0 Å². The maximum atomic E-state index is 5.61. The van der Waals surface area contributed by atoms with Crippen molar-refractivity contribution in [2.45, 2.75) is 32.8 Å². The van der Waals surface area contributed by atoms with Gasteiger partial charge in [0, 0.05) is 12.5 Å². The van der Waals surface area contributed by atoms with E-state index < -0.39 is 0 Å². The molecule has 78 valence electrons. The summed E-state index contributed by atoms with van der Waals surface area (Å²) in [6.07, 6.45) is 0. The predicted octanol–water partition coefficient (Wildman–Crippen LogP) is 1.50. The van der Waals surface area contributed by atoms with Crippen molar-refractivity contribution in [3.63, 3.8) is 0 Å². The molecule has 0 aliphatic rings. The molecule has 1 heterocycles. The van der Waals surface area contributed by atoms with E-state index in [0.29, 0.717) is 12.6 Å². The Balaban J connectivity index is 3.07. The molecule has 0 radical (unpaired) electrons. The highest BCUT2D eigenvalue weighted by Gasteiger charge is 2.17. The van der Waals surface area contributed by atoms with Gasteiger partial charge in [-0.2, -0.15) is 0 Å². The fraction of sp³-hybridized carbons (Fsp3) is 0.600. The molecule has 1 aromatic heterocycles. The minimum atomic E-state index is -0.0143. The van der Waals surface area contributed by atoms with Crippen molar-refractivity contribution in [3.05, 3.63) is 17.5 Å². The molecule has 0 aliphatic carbocycles. The van der Waals surface area contributed by atoms with Gasteiger partial charge in [0.2, 0.25) is 5.95 Å². The van der Waals surface area contributed by atoms with Crippen LogP contribution in [-0.4, -0.2) is 17.1 Å². The van der Waals surface area contributed by atoms with Crippen LogP contribution in [0.25, 0.3) is 0 Å². The molecule has 0 bridgehead atoms. The van der Waals surface area contributed by atoms with Gasteiger partial charge in [-0.25, -0.2) is 9.97 Å². The number of nitrogen functional groups attached to an aromatic ring is 1. The third kappa shape index (κ3) is 2.67. The number of hydrogen-bond donors (Lipinski definition) is 1. The first-order valence-corrected chi connectivity index (χ1v) is 4.56. The number of ether oxygens (including phenoxy) is 1. The molecule has 1 rings (SSSR count). The maximum absolute atomic E-state index is 5.61. The standard InChI is InChI=1S/C10H17N3O/c1-10(2,3)8-5-7(6-14-4)12-9(11)13-8/h5H,6H2,1-4H3,(H2,11,12,13). The summed E-state index contributed by atoms with van der Waals surface area (Å²) in [7, 11) is 1.63. The Morgan fingerprint density at radius 3 is 2.50 bits per heavy atom. The molecule has 0 saturated carbocycles. The highest BCUT2D eigenvalue weighted by atomic mass is 16.5. The molecule has 2 N–H and O–H groups in total. The first-order chi connectivity index (χ1) is 6.43. The quantitative estimate of drug-likeness (QED) is 0.777. The molecule has 4 heteroatoms.